The first-order valence-electron chi connectivity index (χ1n) is 9.27. The standard InChI is InChI=1S/C20H26N4O4/c1-23(2)19-20(22-11-10-21-19)28-15-7-6-12-24(13-15)18(25)14-27-17-9-5-4-8-16(17)26-3/h4-5,8-11,15H,6-7,12-14H2,1-3H3. The van der Waals surface area contributed by atoms with Crippen molar-refractivity contribution in [2.24, 2.45) is 0 Å². The van der Waals surface area contributed by atoms with Gasteiger partial charge in [0.1, 0.15) is 6.10 Å². The van der Waals surface area contributed by atoms with Gasteiger partial charge in [-0.25, -0.2) is 9.97 Å². The van der Waals surface area contributed by atoms with Gasteiger partial charge in [-0.15, -0.1) is 0 Å². The molecule has 0 saturated carbocycles. The molecule has 0 bridgehead atoms. The second kappa shape index (κ2) is 9.25. The van der Waals surface area contributed by atoms with Gasteiger partial charge in [-0.2, -0.15) is 0 Å². The van der Waals surface area contributed by atoms with Gasteiger partial charge in [-0.3, -0.25) is 4.79 Å². The predicted molar refractivity (Wildman–Crippen MR) is 105 cm³/mol. The zero-order valence-corrected chi connectivity index (χ0v) is 16.5. The lowest BCUT2D eigenvalue weighted by Gasteiger charge is -2.33. The molecule has 1 aromatic carbocycles. The van der Waals surface area contributed by atoms with Crippen molar-refractivity contribution in [1.82, 2.24) is 14.9 Å². The third-order valence-corrected chi connectivity index (χ3v) is 4.50. The fourth-order valence-corrected chi connectivity index (χ4v) is 3.10. The normalized spacial score (nSPS) is 16.4. The Kier molecular flexibility index (Phi) is 6.52. The Morgan fingerprint density at radius 3 is 2.71 bits per heavy atom. The second-order valence-electron chi connectivity index (χ2n) is 6.74. The van der Waals surface area contributed by atoms with Gasteiger partial charge in [0, 0.05) is 33.0 Å². The number of likely N-dealkylation sites (tertiary alicyclic amines) is 1. The number of amides is 1. The smallest absolute Gasteiger partial charge is 0.260 e. The molecular weight excluding hydrogens is 360 g/mol. The topological polar surface area (TPSA) is 77.0 Å². The number of anilines is 1. The lowest BCUT2D eigenvalue weighted by atomic mass is 10.1. The zero-order chi connectivity index (χ0) is 19.9. The van der Waals surface area contributed by atoms with Crippen LogP contribution < -0.4 is 19.1 Å². The van der Waals surface area contributed by atoms with E-state index in [0.717, 1.165) is 12.8 Å². The summed E-state index contributed by atoms with van der Waals surface area (Å²) in [5.41, 5.74) is 0. The molecule has 2 heterocycles. The summed E-state index contributed by atoms with van der Waals surface area (Å²) in [6, 6.07) is 7.28. The Morgan fingerprint density at radius 2 is 1.96 bits per heavy atom. The van der Waals surface area contributed by atoms with E-state index in [1.54, 1.807) is 36.5 Å². The highest BCUT2D eigenvalue weighted by Gasteiger charge is 2.26. The second-order valence-corrected chi connectivity index (χ2v) is 6.74. The number of carbonyl (C=O) groups excluding carboxylic acids is 1. The van der Waals surface area contributed by atoms with Crippen LogP contribution in [-0.2, 0) is 4.79 Å². The zero-order valence-electron chi connectivity index (χ0n) is 16.5. The van der Waals surface area contributed by atoms with Crippen molar-refractivity contribution < 1.29 is 19.0 Å². The maximum Gasteiger partial charge on any atom is 0.260 e. The molecular formula is C20H26N4O4. The lowest BCUT2D eigenvalue weighted by molar-refractivity contribution is -0.136. The van der Waals surface area contributed by atoms with E-state index in [1.165, 1.54) is 0 Å². The molecule has 1 unspecified atom stereocenters. The summed E-state index contributed by atoms with van der Waals surface area (Å²) in [5.74, 6) is 2.24. The number of rotatable bonds is 7. The summed E-state index contributed by atoms with van der Waals surface area (Å²) in [5, 5.41) is 0. The van der Waals surface area contributed by atoms with Crippen LogP contribution >= 0.6 is 0 Å². The Morgan fingerprint density at radius 1 is 1.21 bits per heavy atom. The number of piperidine rings is 1. The average Bonchev–Trinajstić information content (AvgIpc) is 2.72. The number of carbonyl (C=O) groups is 1. The summed E-state index contributed by atoms with van der Waals surface area (Å²) in [7, 11) is 5.36. The number of nitrogens with zero attached hydrogens (tertiary/aromatic N) is 4. The Hall–Kier alpha value is -3.03. The van der Waals surface area contributed by atoms with Crippen LogP contribution in [0.25, 0.3) is 0 Å². The molecule has 1 aromatic heterocycles. The maximum atomic E-state index is 12.6. The molecule has 1 aliphatic heterocycles. The molecule has 150 valence electrons. The minimum Gasteiger partial charge on any atom is -0.493 e. The summed E-state index contributed by atoms with van der Waals surface area (Å²) >= 11 is 0. The first-order valence-corrected chi connectivity index (χ1v) is 9.27. The van der Waals surface area contributed by atoms with Gasteiger partial charge in [0.25, 0.3) is 11.8 Å². The van der Waals surface area contributed by atoms with Crippen LogP contribution in [0.2, 0.25) is 0 Å². The Bertz CT molecular complexity index is 799. The lowest BCUT2D eigenvalue weighted by Crippen LogP contribution is -2.46. The first kappa shape index (κ1) is 19.7. The van der Waals surface area contributed by atoms with Crippen molar-refractivity contribution in [2.75, 3.05) is 45.8 Å². The number of methoxy groups -OCH3 is 1. The van der Waals surface area contributed by atoms with Crippen molar-refractivity contribution in [3.8, 4) is 17.4 Å². The molecule has 8 heteroatoms. The van der Waals surface area contributed by atoms with E-state index in [9.17, 15) is 4.79 Å². The highest BCUT2D eigenvalue weighted by molar-refractivity contribution is 5.78. The third kappa shape index (κ3) is 4.82. The van der Waals surface area contributed by atoms with E-state index in [0.29, 0.717) is 36.3 Å². The van der Waals surface area contributed by atoms with E-state index in [4.69, 9.17) is 14.2 Å². The molecule has 3 rings (SSSR count). The molecule has 1 atom stereocenters. The molecule has 1 saturated heterocycles. The van der Waals surface area contributed by atoms with Gasteiger partial charge in [0.05, 0.1) is 13.7 Å². The van der Waals surface area contributed by atoms with Crippen LogP contribution in [0.15, 0.2) is 36.7 Å². The van der Waals surface area contributed by atoms with Crippen LogP contribution in [-0.4, -0.2) is 67.8 Å². The Labute approximate surface area is 165 Å². The van der Waals surface area contributed by atoms with Crippen molar-refractivity contribution >= 4 is 11.7 Å². The van der Waals surface area contributed by atoms with Crippen molar-refractivity contribution in [2.45, 2.75) is 18.9 Å². The Balaban J connectivity index is 1.58. The molecule has 8 nitrogen and oxygen atoms in total. The van der Waals surface area contributed by atoms with Gasteiger partial charge >= 0.3 is 0 Å². The quantitative estimate of drug-likeness (QED) is 0.720. The fourth-order valence-electron chi connectivity index (χ4n) is 3.10. The largest absolute Gasteiger partial charge is 0.493 e. The minimum absolute atomic E-state index is 0.0405. The molecule has 1 amide bonds. The minimum atomic E-state index is -0.126. The summed E-state index contributed by atoms with van der Waals surface area (Å²) < 4.78 is 17.0. The number of hydrogen-bond acceptors (Lipinski definition) is 7. The number of aromatic nitrogens is 2. The number of para-hydroxylation sites is 2. The van der Waals surface area contributed by atoms with E-state index >= 15 is 0 Å². The van der Waals surface area contributed by atoms with Crippen molar-refractivity contribution in [3.05, 3.63) is 36.7 Å². The van der Waals surface area contributed by atoms with Gasteiger partial charge < -0.3 is 24.0 Å². The summed E-state index contributed by atoms with van der Waals surface area (Å²) in [4.78, 5) is 24.8. The molecule has 1 aliphatic rings. The van der Waals surface area contributed by atoms with E-state index in [1.807, 2.05) is 31.1 Å². The van der Waals surface area contributed by atoms with Gasteiger partial charge in [0.15, 0.2) is 23.9 Å². The number of hydrogen-bond donors (Lipinski definition) is 0. The molecule has 1 fully saturated rings. The van der Waals surface area contributed by atoms with Crippen molar-refractivity contribution in [1.29, 1.82) is 0 Å². The fraction of sp³-hybridized carbons (Fsp3) is 0.450. The SMILES string of the molecule is COc1ccccc1OCC(=O)N1CCCC(Oc2nccnc2N(C)C)C1. The molecule has 0 radical (unpaired) electrons. The van der Waals surface area contributed by atoms with Crippen molar-refractivity contribution in [3.63, 3.8) is 0 Å². The monoisotopic (exact) mass is 386 g/mol. The van der Waals surface area contributed by atoms with Gasteiger partial charge in [-0.05, 0) is 25.0 Å². The summed E-state index contributed by atoms with van der Waals surface area (Å²) in [6.07, 6.45) is 4.84. The predicted octanol–water partition coefficient (Wildman–Crippen LogP) is 2.00. The van der Waals surface area contributed by atoms with E-state index in [2.05, 4.69) is 9.97 Å². The molecule has 28 heavy (non-hydrogen) atoms. The highest BCUT2D eigenvalue weighted by atomic mass is 16.5. The molecule has 0 N–H and O–H groups in total. The van der Waals surface area contributed by atoms with E-state index in [-0.39, 0.29) is 18.6 Å². The number of benzene rings is 1. The van der Waals surface area contributed by atoms with Crippen LogP contribution in [0.3, 0.4) is 0 Å². The van der Waals surface area contributed by atoms with Gasteiger partial charge in [-0.1, -0.05) is 12.1 Å². The highest BCUT2D eigenvalue weighted by Crippen LogP contribution is 2.26. The maximum absolute atomic E-state index is 12.6. The third-order valence-electron chi connectivity index (χ3n) is 4.50. The molecule has 2 aromatic rings. The van der Waals surface area contributed by atoms with Crippen LogP contribution in [0, 0.1) is 0 Å². The van der Waals surface area contributed by atoms with Gasteiger partial charge in [0.2, 0.25) is 0 Å². The van der Waals surface area contributed by atoms with Crippen LogP contribution in [0.4, 0.5) is 5.82 Å². The first-order chi connectivity index (χ1) is 13.6. The number of ether oxygens (including phenoxy) is 3. The molecule has 0 spiro atoms. The van der Waals surface area contributed by atoms with Crippen LogP contribution in [0.5, 0.6) is 17.4 Å². The molecule has 0 aliphatic carbocycles. The average molecular weight is 386 g/mol. The summed E-state index contributed by atoms with van der Waals surface area (Å²) in [6.45, 7) is 1.15. The van der Waals surface area contributed by atoms with Crippen LogP contribution in [0.1, 0.15) is 12.8 Å². The van der Waals surface area contributed by atoms with E-state index < -0.39 is 0 Å².